The zero-order valence-electron chi connectivity index (χ0n) is 9.56. The number of hydrogen-bond donors (Lipinski definition) is 1. The minimum atomic E-state index is 0.243. The lowest BCUT2D eigenvalue weighted by atomic mass is 9.92. The Labute approximate surface area is 90.8 Å². The maximum atomic E-state index is 5.19. The molecule has 0 unspecified atom stereocenters. The second-order valence-electron chi connectivity index (χ2n) is 4.98. The van der Waals surface area contributed by atoms with E-state index in [2.05, 4.69) is 30.7 Å². The van der Waals surface area contributed by atoms with Gasteiger partial charge < -0.3 is 4.98 Å². The highest BCUT2D eigenvalue weighted by molar-refractivity contribution is 7.71. The van der Waals surface area contributed by atoms with Crippen molar-refractivity contribution < 1.29 is 0 Å². The third-order valence-electron chi connectivity index (χ3n) is 2.15. The summed E-state index contributed by atoms with van der Waals surface area (Å²) in [6.45, 7) is 10.6. The second kappa shape index (κ2) is 3.81. The van der Waals surface area contributed by atoms with Crippen molar-refractivity contribution in [3.63, 3.8) is 0 Å². The highest BCUT2D eigenvalue weighted by atomic mass is 32.1. The fourth-order valence-corrected chi connectivity index (χ4v) is 1.55. The summed E-state index contributed by atoms with van der Waals surface area (Å²) in [5, 5.41) is 0. The van der Waals surface area contributed by atoms with Gasteiger partial charge in [0.1, 0.15) is 10.5 Å². The van der Waals surface area contributed by atoms with E-state index < -0.39 is 0 Å². The molecule has 0 spiro atoms. The van der Waals surface area contributed by atoms with Crippen molar-refractivity contribution in [1.82, 2.24) is 9.97 Å². The molecule has 0 aromatic carbocycles. The first-order valence-corrected chi connectivity index (χ1v) is 5.27. The Balaban J connectivity index is 3.08. The van der Waals surface area contributed by atoms with Gasteiger partial charge in [0.25, 0.3) is 0 Å². The van der Waals surface area contributed by atoms with Crippen molar-refractivity contribution >= 4 is 12.2 Å². The minimum Gasteiger partial charge on any atom is -0.347 e. The Morgan fingerprint density at radius 1 is 1.29 bits per heavy atom. The average Bonchev–Trinajstić information content (AvgIpc) is 1.96. The van der Waals surface area contributed by atoms with E-state index in [9.17, 15) is 0 Å². The second-order valence-corrected chi connectivity index (χ2v) is 5.36. The van der Waals surface area contributed by atoms with E-state index in [0.717, 1.165) is 28.1 Å². The van der Waals surface area contributed by atoms with Gasteiger partial charge >= 0.3 is 0 Å². The molecule has 0 amide bonds. The largest absolute Gasteiger partial charge is 0.347 e. The van der Waals surface area contributed by atoms with Crippen LogP contribution in [-0.2, 0) is 6.42 Å². The molecular weight excluding hydrogens is 192 g/mol. The van der Waals surface area contributed by atoms with Gasteiger partial charge in [0.15, 0.2) is 0 Å². The summed E-state index contributed by atoms with van der Waals surface area (Å²) in [5.41, 5.74) is 2.45. The molecule has 3 heteroatoms. The van der Waals surface area contributed by atoms with Crippen LogP contribution in [0.3, 0.4) is 0 Å². The summed E-state index contributed by atoms with van der Waals surface area (Å²) < 4.78 is 0.723. The van der Waals surface area contributed by atoms with E-state index in [4.69, 9.17) is 12.2 Å². The van der Waals surface area contributed by atoms with Gasteiger partial charge in [-0.2, -0.15) is 0 Å². The molecule has 0 fully saturated rings. The SMILES string of the molecule is Cc1[nH]c(CC(C)(C)C)nc(=S)c1C. The highest BCUT2D eigenvalue weighted by Gasteiger charge is 2.13. The van der Waals surface area contributed by atoms with E-state index in [-0.39, 0.29) is 5.41 Å². The first kappa shape index (κ1) is 11.4. The Bertz CT molecular complexity index is 385. The molecule has 1 rings (SSSR count). The lowest BCUT2D eigenvalue weighted by Gasteiger charge is -2.17. The predicted octanol–water partition coefficient (Wildman–Crippen LogP) is 3.34. The molecule has 2 nitrogen and oxygen atoms in total. The van der Waals surface area contributed by atoms with Gasteiger partial charge in [-0.15, -0.1) is 0 Å². The number of nitrogens with zero attached hydrogens (tertiary/aromatic N) is 1. The highest BCUT2D eigenvalue weighted by Crippen LogP contribution is 2.18. The van der Waals surface area contributed by atoms with E-state index in [1.807, 2.05) is 13.8 Å². The van der Waals surface area contributed by atoms with Crippen LogP contribution in [0.25, 0.3) is 0 Å². The standard InChI is InChI=1S/C11H18N2S/c1-7-8(2)12-9(13-10(7)14)6-11(3,4)5/h6H2,1-5H3,(H,12,13,14). The lowest BCUT2D eigenvalue weighted by Crippen LogP contribution is -2.13. The minimum absolute atomic E-state index is 0.243. The average molecular weight is 210 g/mol. The molecule has 1 aromatic rings. The molecule has 0 bridgehead atoms. The van der Waals surface area contributed by atoms with Gasteiger partial charge in [-0.3, -0.25) is 0 Å². The molecule has 0 aliphatic carbocycles. The maximum Gasteiger partial charge on any atom is 0.132 e. The molecule has 1 heterocycles. The number of aromatic amines is 1. The number of nitrogens with one attached hydrogen (secondary N) is 1. The molecule has 78 valence electrons. The summed E-state index contributed by atoms with van der Waals surface area (Å²) in [6.07, 6.45) is 0.928. The maximum absolute atomic E-state index is 5.19. The lowest BCUT2D eigenvalue weighted by molar-refractivity contribution is 0.400. The summed E-state index contributed by atoms with van der Waals surface area (Å²) in [5.74, 6) is 0.991. The topological polar surface area (TPSA) is 28.7 Å². The van der Waals surface area contributed by atoms with E-state index >= 15 is 0 Å². The molecule has 0 radical (unpaired) electrons. The monoisotopic (exact) mass is 210 g/mol. The van der Waals surface area contributed by atoms with Crippen LogP contribution in [0.2, 0.25) is 0 Å². The van der Waals surface area contributed by atoms with Crippen molar-refractivity contribution in [2.45, 2.75) is 41.0 Å². The van der Waals surface area contributed by atoms with E-state index in [0.29, 0.717) is 0 Å². The molecule has 0 aliphatic heterocycles. The van der Waals surface area contributed by atoms with Gasteiger partial charge in [0.05, 0.1) is 0 Å². The molecule has 1 N–H and O–H groups in total. The molecule has 0 atom stereocenters. The molecular formula is C11H18N2S. The number of H-pyrrole nitrogens is 1. The van der Waals surface area contributed by atoms with Crippen molar-refractivity contribution in [2.24, 2.45) is 5.41 Å². The zero-order chi connectivity index (χ0) is 10.9. The smallest absolute Gasteiger partial charge is 0.132 e. The van der Waals surface area contributed by atoms with Gasteiger partial charge in [0, 0.05) is 17.7 Å². The Hall–Kier alpha value is -0.700. The van der Waals surface area contributed by atoms with Crippen LogP contribution in [0, 0.1) is 23.9 Å². The van der Waals surface area contributed by atoms with E-state index in [1.165, 1.54) is 0 Å². The summed E-state index contributed by atoms with van der Waals surface area (Å²) in [7, 11) is 0. The fourth-order valence-electron chi connectivity index (χ4n) is 1.29. The summed E-state index contributed by atoms with van der Waals surface area (Å²) in [6, 6.07) is 0. The van der Waals surface area contributed by atoms with Crippen LogP contribution < -0.4 is 0 Å². The summed E-state index contributed by atoms with van der Waals surface area (Å²) in [4.78, 5) is 7.67. The first-order chi connectivity index (χ1) is 6.29. The van der Waals surface area contributed by atoms with Crippen molar-refractivity contribution in [2.75, 3.05) is 0 Å². The quantitative estimate of drug-likeness (QED) is 0.720. The van der Waals surface area contributed by atoms with Crippen molar-refractivity contribution in [3.8, 4) is 0 Å². The number of aryl methyl sites for hydroxylation is 1. The van der Waals surface area contributed by atoms with Gasteiger partial charge in [-0.1, -0.05) is 33.0 Å². The molecule has 14 heavy (non-hydrogen) atoms. The van der Waals surface area contributed by atoms with Crippen LogP contribution in [-0.4, -0.2) is 9.97 Å². The third-order valence-corrected chi connectivity index (χ3v) is 2.55. The van der Waals surface area contributed by atoms with Crippen molar-refractivity contribution in [1.29, 1.82) is 0 Å². The van der Waals surface area contributed by atoms with Crippen LogP contribution >= 0.6 is 12.2 Å². The van der Waals surface area contributed by atoms with Crippen LogP contribution in [0.5, 0.6) is 0 Å². The Kier molecular flexibility index (Phi) is 3.10. The number of rotatable bonds is 1. The molecule has 0 aliphatic rings. The predicted molar refractivity (Wildman–Crippen MR) is 62.1 cm³/mol. The van der Waals surface area contributed by atoms with Crippen LogP contribution in [0.4, 0.5) is 0 Å². The summed E-state index contributed by atoms with van der Waals surface area (Å²) >= 11 is 5.19. The van der Waals surface area contributed by atoms with E-state index in [1.54, 1.807) is 0 Å². The third kappa shape index (κ3) is 2.91. The zero-order valence-corrected chi connectivity index (χ0v) is 10.4. The Morgan fingerprint density at radius 3 is 2.29 bits per heavy atom. The van der Waals surface area contributed by atoms with Gasteiger partial charge in [0.2, 0.25) is 0 Å². The fraction of sp³-hybridized carbons (Fsp3) is 0.636. The molecule has 0 saturated heterocycles. The normalized spacial score (nSPS) is 11.8. The van der Waals surface area contributed by atoms with Crippen LogP contribution in [0.15, 0.2) is 0 Å². The molecule has 1 aromatic heterocycles. The van der Waals surface area contributed by atoms with Crippen LogP contribution in [0.1, 0.15) is 37.9 Å². The molecule has 0 saturated carbocycles. The number of hydrogen-bond acceptors (Lipinski definition) is 2. The first-order valence-electron chi connectivity index (χ1n) is 4.86. The number of aromatic nitrogens is 2. The Morgan fingerprint density at radius 2 is 1.86 bits per heavy atom. The van der Waals surface area contributed by atoms with Gasteiger partial charge in [-0.05, 0) is 19.3 Å². The van der Waals surface area contributed by atoms with Crippen molar-refractivity contribution in [3.05, 3.63) is 21.7 Å². The van der Waals surface area contributed by atoms with Gasteiger partial charge in [-0.25, -0.2) is 4.98 Å².